The molecule has 1 atom stereocenters. The molecule has 1 aliphatic rings. The van der Waals surface area contributed by atoms with Crippen molar-refractivity contribution in [2.75, 3.05) is 11.4 Å². The Morgan fingerprint density at radius 3 is 2.78 bits per heavy atom. The van der Waals surface area contributed by atoms with E-state index in [9.17, 15) is 23.5 Å². The number of hydrogen-bond acceptors (Lipinski definition) is 4. The van der Waals surface area contributed by atoms with Gasteiger partial charge < -0.3 is 20.1 Å². The number of rotatable bonds is 4. The van der Waals surface area contributed by atoms with E-state index >= 15 is 0 Å². The normalized spacial score (nSPS) is 19.3. The molecule has 9 heteroatoms. The summed E-state index contributed by atoms with van der Waals surface area (Å²) in [6, 6.07) is 9.89. The van der Waals surface area contributed by atoms with Gasteiger partial charge in [-0.3, -0.25) is 4.79 Å². The molecule has 27 heavy (non-hydrogen) atoms. The number of amides is 2. The summed E-state index contributed by atoms with van der Waals surface area (Å²) in [6.45, 7) is 0.0373. The highest BCUT2D eigenvalue weighted by Gasteiger charge is 2.50. The largest absolute Gasteiger partial charge is 0.410 e. The minimum absolute atomic E-state index is 0.0865. The molecule has 3 rings (SSSR count). The van der Waals surface area contributed by atoms with Gasteiger partial charge in [0.05, 0.1) is 5.69 Å². The van der Waals surface area contributed by atoms with Crippen molar-refractivity contribution in [3.05, 3.63) is 64.1 Å². The van der Waals surface area contributed by atoms with Crippen LogP contribution in [0.3, 0.4) is 0 Å². The fourth-order valence-corrected chi connectivity index (χ4v) is 3.16. The zero-order valence-corrected chi connectivity index (χ0v) is 15.5. The van der Waals surface area contributed by atoms with Gasteiger partial charge in [-0.15, -0.1) is 0 Å². The van der Waals surface area contributed by atoms with Crippen LogP contribution in [0.5, 0.6) is 0 Å². The van der Waals surface area contributed by atoms with Gasteiger partial charge in [-0.1, -0.05) is 28.1 Å². The van der Waals surface area contributed by atoms with E-state index in [-0.39, 0.29) is 25.2 Å². The number of ether oxygens (including phenoxy) is 1. The number of carbonyl (C=O) groups excluding carboxylic acids is 2. The molecule has 0 aromatic heterocycles. The predicted octanol–water partition coefficient (Wildman–Crippen LogP) is 3.08. The van der Waals surface area contributed by atoms with Crippen molar-refractivity contribution in [2.45, 2.75) is 18.8 Å². The van der Waals surface area contributed by atoms with Gasteiger partial charge in [-0.05, 0) is 29.8 Å². The minimum atomic E-state index is -2.41. The summed E-state index contributed by atoms with van der Waals surface area (Å²) in [5.74, 6) is -5.15. The topological polar surface area (TPSA) is 78.9 Å². The second-order valence-corrected chi connectivity index (χ2v) is 6.88. The molecule has 1 fully saturated rings. The lowest BCUT2D eigenvalue weighted by Gasteiger charge is -2.22. The molecule has 0 unspecified atom stereocenters. The molecule has 0 spiro atoms. The lowest BCUT2D eigenvalue weighted by Crippen LogP contribution is -2.46. The van der Waals surface area contributed by atoms with Crippen LogP contribution in [0.4, 0.5) is 19.3 Å². The van der Waals surface area contributed by atoms with Gasteiger partial charge in [0, 0.05) is 30.0 Å². The van der Waals surface area contributed by atoms with Crippen LogP contribution in [0.1, 0.15) is 12.0 Å². The molecule has 1 aliphatic heterocycles. The van der Waals surface area contributed by atoms with Crippen LogP contribution >= 0.6 is 15.9 Å². The van der Waals surface area contributed by atoms with Crippen molar-refractivity contribution in [3.8, 4) is 0 Å². The van der Waals surface area contributed by atoms with Crippen molar-refractivity contribution in [1.82, 2.24) is 5.32 Å². The highest BCUT2D eigenvalue weighted by molar-refractivity contribution is 9.10. The van der Waals surface area contributed by atoms with Crippen molar-refractivity contribution < 1.29 is 28.2 Å². The van der Waals surface area contributed by atoms with E-state index in [1.165, 1.54) is 0 Å². The first-order valence-corrected chi connectivity index (χ1v) is 8.78. The van der Waals surface area contributed by atoms with Gasteiger partial charge in [0.15, 0.2) is 0 Å². The van der Waals surface area contributed by atoms with Gasteiger partial charge in [-0.25, -0.2) is 13.6 Å². The number of benzene rings is 2. The summed E-state index contributed by atoms with van der Waals surface area (Å²) in [4.78, 5) is 25.3. The van der Waals surface area contributed by atoms with E-state index < -0.39 is 29.4 Å². The van der Waals surface area contributed by atoms with Crippen LogP contribution in [-0.2, 0) is 16.1 Å². The summed E-state index contributed by atoms with van der Waals surface area (Å²) in [5.41, 5.74) is 0.580. The Morgan fingerprint density at radius 2 is 2.07 bits per heavy atom. The number of carbonyl (C=O) groups is 2. The summed E-state index contributed by atoms with van der Waals surface area (Å²) in [5, 5.41) is 12.8. The van der Waals surface area contributed by atoms with Crippen LogP contribution in [0.25, 0.3) is 0 Å². The summed E-state index contributed by atoms with van der Waals surface area (Å²) < 4.78 is 32.6. The molecule has 1 saturated heterocycles. The maximum atomic E-state index is 13.9. The number of anilines is 1. The van der Waals surface area contributed by atoms with Crippen LogP contribution in [0, 0.1) is 11.6 Å². The minimum Gasteiger partial charge on any atom is -0.407 e. The number of nitrogens with one attached hydrogen (secondary N) is 1. The first-order valence-electron chi connectivity index (χ1n) is 7.99. The zero-order valence-electron chi connectivity index (χ0n) is 13.9. The third-order valence-corrected chi connectivity index (χ3v) is 4.53. The molecule has 2 aromatic carbocycles. The molecule has 1 heterocycles. The molecule has 142 valence electrons. The second-order valence-electron chi connectivity index (χ2n) is 5.96. The van der Waals surface area contributed by atoms with Crippen molar-refractivity contribution >= 4 is 33.6 Å². The first kappa shape index (κ1) is 19.2. The molecule has 6 nitrogen and oxygen atoms in total. The highest BCUT2D eigenvalue weighted by Crippen LogP contribution is 2.31. The standard InChI is InChI=1S/C18H15BrF2N2O4/c19-12-3-1-2-11(8-12)10-22-17(25)27-18(26)6-7-23(16(18)24)15-5-4-13(20)9-14(15)21/h1-5,8-9,26H,6-7,10H2,(H,22,25)/t18-/m1/s1. The smallest absolute Gasteiger partial charge is 0.407 e. The first-order chi connectivity index (χ1) is 12.8. The fraction of sp³-hybridized carbons (Fsp3) is 0.222. The zero-order chi connectivity index (χ0) is 19.6. The molecule has 0 radical (unpaired) electrons. The lowest BCUT2D eigenvalue weighted by molar-refractivity contribution is -0.175. The molecule has 2 aromatic rings. The molecule has 2 amide bonds. The average molecular weight is 441 g/mol. The Morgan fingerprint density at radius 1 is 1.30 bits per heavy atom. The molecular weight excluding hydrogens is 426 g/mol. The van der Waals surface area contributed by atoms with Gasteiger partial charge in [0.1, 0.15) is 11.6 Å². The molecule has 2 N–H and O–H groups in total. The third-order valence-electron chi connectivity index (χ3n) is 4.04. The maximum absolute atomic E-state index is 13.9. The van der Waals surface area contributed by atoms with E-state index in [0.717, 1.165) is 27.1 Å². The van der Waals surface area contributed by atoms with Crippen LogP contribution in [-0.4, -0.2) is 29.4 Å². The Balaban J connectivity index is 1.64. The lowest BCUT2D eigenvalue weighted by atomic mass is 10.2. The van der Waals surface area contributed by atoms with E-state index in [2.05, 4.69) is 21.2 Å². The van der Waals surface area contributed by atoms with E-state index in [1.54, 1.807) is 18.2 Å². The summed E-state index contributed by atoms with van der Waals surface area (Å²) in [6.07, 6.45) is -1.24. The van der Waals surface area contributed by atoms with Crippen molar-refractivity contribution in [3.63, 3.8) is 0 Å². The monoisotopic (exact) mass is 440 g/mol. The van der Waals surface area contributed by atoms with Crippen LogP contribution < -0.4 is 10.2 Å². The van der Waals surface area contributed by atoms with Crippen LogP contribution in [0.2, 0.25) is 0 Å². The van der Waals surface area contributed by atoms with Gasteiger partial charge >= 0.3 is 6.09 Å². The summed E-state index contributed by atoms with van der Waals surface area (Å²) >= 11 is 3.31. The molecule has 0 saturated carbocycles. The van der Waals surface area contributed by atoms with E-state index in [0.29, 0.717) is 6.07 Å². The number of aliphatic hydroxyl groups is 1. The summed E-state index contributed by atoms with van der Waals surface area (Å²) in [7, 11) is 0. The number of alkyl carbamates (subject to hydrolysis) is 1. The van der Waals surface area contributed by atoms with E-state index in [4.69, 9.17) is 4.74 Å². The molecule has 0 aliphatic carbocycles. The molecular formula is C18H15BrF2N2O4. The third kappa shape index (κ3) is 4.25. The van der Waals surface area contributed by atoms with Crippen molar-refractivity contribution in [2.24, 2.45) is 0 Å². The van der Waals surface area contributed by atoms with E-state index in [1.807, 2.05) is 6.07 Å². The average Bonchev–Trinajstić information content (AvgIpc) is 2.88. The second kappa shape index (κ2) is 7.61. The Labute approximate surface area is 161 Å². The highest BCUT2D eigenvalue weighted by atomic mass is 79.9. The van der Waals surface area contributed by atoms with Crippen molar-refractivity contribution in [1.29, 1.82) is 0 Å². The number of halogens is 3. The predicted molar refractivity (Wildman–Crippen MR) is 95.7 cm³/mol. The Hall–Kier alpha value is -2.52. The fourth-order valence-electron chi connectivity index (χ4n) is 2.72. The van der Waals surface area contributed by atoms with Gasteiger partial charge in [0.25, 0.3) is 11.7 Å². The quantitative estimate of drug-likeness (QED) is 0.716. The Bertz CT molecular complexity index is 895. The maximum Gasteiger partial charge on any atom is 0.410 e. The van der Waals surface area contributed by atoms with Crippen LogP contribution in [0.15, 0.2) is 46.9 Å². The SMILES string of the molecule is O=C(NCc1cccc(Br)c1)O[C@]1(O)CCN(c2ccc(F)cc2F)C1=O. The number of hydrogen-bond donors (Lipinski definition) is 2. The molecule has 0 bridgehead atoms. The van der Waals surface area contributed by atoms with Gasteiger partial charge in [0.2, 0.25) is 0 Å². The Kier molecular flexibility index (Phi) is 5.43. The van der Waals surface area contributed by atoms with Gasteiger partial charge in [-0.2, -0.15) is 0 Å². The number of nitrogens with zero attached hydrogens (tertiary/aromatic N) is 1.